The van der Waals surface area contributed by atoms with Gasteiger partial charge in [0.1, 0.15) is 5.76 Å². The van der Waals surface area contributed by atoms with E-state index in [0.717, 1.165) is 0 Å². The zero-order valence-corrected chi connectivity index (χ0v) is 10.2. The molecule has 19 heavy (non-hydrogen) atoms. The second kappa shape index (κ2) is 5.23. The second-order valence-electron chi connectivity index (χ2n) is 3.97. The molecule has 1 heterocycles. The lowest BCUT2D eigenvalue weighted by Gasteiger charge is -2.09. The van der Waals surface area contributed by atoms with E-state index in [1.54, 1.807) is 31.4 Å². The summed E-state index contributed by atoms with van der Waals surface area (Å²) in [7, 11) is 0. The van der Waals surface area contributed by atoms with Crippen molar-refractivity contribution < 1.29 is 9.34 Å². The molecule has 96 valence electrons. The van der Waals surface area contributed by atoms with Gasteiger partial charge in [-0.05, 0) is 25.1 Å². The lowest BCUT2D eigenvalue weighted by atomic mass is 10.1. The summed E-state index contributed by atoms with van der Waals surface area (Å²) < 4.78 is 5.17. The average molecular weight is 257 g/mol. The minimum Gasteiger partial charge on any atom is -0.467 e. The van der Waals surface area contributed by atoms with E-state index in [4.69, 9.17) is 9.68 Å². The summed E-state index contributed by atoms with van der Waals surface area (Å²) in [4.78, 5) is 10.4. The molecule has 0 amide bonds. The van der Waals surface area contributed by atoms with Crippen LogP contribution < -0.4 is 5.32 Å². The molecule has 0 aliphatic rings. The topological polar surface area (TPSA) is 92.1 Å². The summed E-state index contributed by atoms with van der Waals surface area (Å²) in [6.45, 7) is 2.05. The van der Waals surface area contributed by atoms with E-state index >= 15 is 0 Å². The highest BCUT2D eigenvalue weighted by molar-refractivity contribution is 5.64. The molecular weight excluding hydrogens is 246 g/mol. The van der Waals surface area contributed by atoms with Crippen LogP contribution in [0.3, 0.4) is 0 Å². The van der Waals surface area contributed by atoms with Gasteiger partial charge in [-0.3, -0.25) is 10.1 Å². The minimum atomic E-state index is -0.492. The third-order valence-electron chi connectivity index (χ3n) is 2.74. The Morgan fingerprint density at radius 1 is 1.53 bits per heavy atom. The maximum Gasteiger partial charge on any atom is 0.275 e. The summed E-state index contributed by atoms with van der Waals surface area (Å²) in [5.41, 5.74) is 1.23. The van der Waals surface area contributed by atoms with Crippen LogP contribution in [0.25, 0.3) is 0 Å². The molecule has 0 aliphatic carbocycles. The fourth-order valence-electron chi connectivity index (χ4n) is 1.73. The number of rotatable bonds is 4. The van der Waals surface area contributed by atoms with Gasteiger partial charge < -0.3 is 9.73 Å². The first-order valence-electron chi connectivity index (χ1n) is 5.57. The van der Waals surface area contributed by atoms with Crippen LogP contribution in [-0.2, 0) is 6.54 Å². The number of hydrogen-bond acceptors (Lipinski definition) is 5. The van der Waals surface area contributed by atoms with Gasteiger partial charge in [-0.1, -0.05) is 0 Å². The van der Waals surface area contributed by atoms with Gasteiger partial charge in [-0.2, -0.15) is 5.26 Å². The van der Waals surface area contributed by atoms with Crippen LogP contribution in [0.1, 0.15) is 16.9 Å². The molecule has 0 atom stereocenters. The summed E-state index contributed by atoms with van der Waals surface area (Å²) in [6.07, 6.45) is 1.55. The smallest absolute Gasteiger partial charge is 0.275 e. The molecule has 6 nitrogen and oxygen atoms in total. The van der Waals surface area contributed by atoms with Gasteiger partial charge in [0.15, 0.2) is 0 Å². The molecular formula is C13H11N3O3. The first-order valence-corrected chi connectivity index (χ1v) is 5.57. The predicted octanol–water partition coefficient (Wildman–Crippen LogP) is 2.98. The van der Waals surface area contributed by atoms with Gasteiger partial charge in [0.2, 0.25) is 0 Å². The molecule has 0 saturated heterocycles. The van der Waals surface area contributed by atoms with E-state index in [9.17, 15) is 10.1 Å². The lowest BCUT2D eigenvalue weighted by Crippen LogP contribution is -2.03. The van der Waals surface area contributed by atoms with Crippen molar-refractivity contribution in [2.45, 2.75) is 13.5 Å². The number of nitro benzene ring substituents is 1. The summed E-state index contributed by atoms with van der Waals surface area (Å²) >= 11 is 0. The largest absolute Gasteiger partial charge is 0.467 e. The monoisotopic (exact) mass is 257 g/mol. The number of furan rings is 1. The van der Waals surface area contributed by atoms with Gasteiger partial charge in [0.05, 0.1) is 29.4 Å². The Balaban J connectivity index is 2.31. The molecule has 1 aromatic carbocycles. The molecule has 0 saturated carbocycles. The van der Waals surface area contributed by atoms with E-state index in [1.807, 2.05) is 6.07 Å². The zero-order valence-electron chi connectivity index (χ0n) is 10.2. The van der Waals surface area contributed by atoms with E-state index in [2.05, 4.69) is 5.32 Å². The van der Waals surface area contributed by atoms with Crippen LogP contribution in [0.4, 0.5) is 11.4 Å². The first-order chi connectivity index (χ1) is 9.11. The number of anilines is 1. The Morgan fingerprint density at radius 3 is 2.89 bits per heavy atom. The summed E-state index contributed by atoms with van der Waals surface area (Å²) in [5, 5.41) is 22.9. The van der Waals surface area contributed by atoms with Crippen molar-refractivity contribution in [3.05, 3.63) is 57.5 Å². The number of nitriles is 1. The van der Waals surface area contributed by atoms with E-state index in [-0.39, 0.29) is 11.3 Å². The molecule has 0 unspecified atom stereocenters. The fourth-order valence-corrected chi connectivity index (χ4v) is 1.73. The van der Waals surface area contributed by atoms with Crippen molar-refractivity contribution in [1.29, 1.82) is 5.26 Å². The number of nitro groups is 1. The number of nitrogens with one attached hydrogen (secondary N) is 1. The standard InChI is InChI=1S/C13H11N3O3/c1-9-12(15-8-11-3-2-4-19-11)5-10(7-14)6-13(9)16(17)18/h2-6,15H,8H2,1H3. The maximum atomic E-state index is 10.9. The van der Waals surface area contributed by atoms with Gasteiger partial charge in [0, 0.05) is 17.3 Å². The third kappa shape index (κ3) is 2.72. The lowest BCUT2D eigenvalue weighted by molar-refractivity contribution is -0.385. The van der Waals surface area contributed by atoms with Crippen molar-refractivity contribution >= 4 is 11.4 Å². The maximum absolute atomic E-state index is 10.9. The molecule has 6 heteroatoms. The zero-order chi connectivity index (χ0) is 13.8. The van der Waals surface area contributed by atoms with Crippen molar-refractivity contribution in [2.75, 3.05) is 5.32 Å². The predicted molar refractivity (Wildman–Crippen MR) is 68.6 cm³/mol. The molecule has 0 fully saturated rings. The van der Waals surface area contributed by atoms with Crippen molar-refractivity contribution in [3.63, 3.8) is 0 Å². The summed E-state index contributed by atoms with van der Waals surface area (Å²) in [6, 6.07) is 8.33. The van der Waals surface area contributed by atoms with Crippen LogP contribution in [0.5, 0.6) is 0 Å². The Morgan fingerprint density at radius 2 is 2.32 bits per heavy atom. The number of hydrogen-bond donors (Lipinski definition) is 1. The van der Waals surface area contributed by atoms with Crippen molar-refractivity contribution in [2.24, 2.45) is 0 Å². The Kier molecular flexibility index (Phi) is 3.48. The Bertz CT molecular complexity index is 642. The normalized spacial score (nSPS) is 9.89. The molecule has 0 radical (unpaired) electrons. The highest BCUT2D eigenvalue weighted by Crippen LogP contribution is 2.27. The van der Waals surface area contributed by atoms with Crippen LogP contribution in [0, 0.1) is 28.4 Å². The molecule has 2 rings (SSSR count). The number of benzene rings is 1. The van der Waals surface area contributed by atoms with Crippen molar-refractivity contribution in [1.82, 2.24) is 0 Å². The van der Waals surface area contributed by atoms with Crippen LogP contribution in [0.2, 0.25) is 0 Å². The molecule has 1 aromatic heterocycles. The Labute approximate surface area is 109 Å². The van der Waals surface area contributed by atoms with Gasteiger partial charge in [-0.25, -0.2) is 0 Å². The average Bonchev–Trinajstić information content (AvgIpc) is 2.90. The van der Waals surface area contributed by atoms with Crippen LogP contribution >= 0.6 is 0 Å². The quantitative estimate of drug-likeness (QED) is 0.671. The van der Waals surface area contributed by atoms with E-state index in [1.165, 1.54) is 6.07 Å². The van der Waals surface area contributed by atoms with Crippen molar-refractivity contribution in [3.8, 4) is 6.07 Å². The third-order valence-corrected chi connectivity index (χ3v) is 2.74. The summed E-state index contributed by atoms with van der Waals surface area (Å²) in [5.74, 6) is 0.712. The van der Waals surface area contributed by atoms with Crippen LogP contribution in [-0.4, -0.2) is 4.92 Å². The SMILES string of the molecule is Cc1c(NCc2ccco2)cc(C#N)cc1[N+](=O)[O-]. The molecule has 2 aromatic rings. The molecule has 0 bridgehead atoms. The fraction of sp³-hybridized carbons (Fsp3) is 0.154. The van der Waals surface area contributed by atoms with E-state index in [0.29, 0.717) is 23.6 Å². The highest BCUT2D eigenvalue weighted by Gasteiger charge is 2.16. The second-order valence-corrected chi connectivity index (χ2v) is 3.97. The van der Waals surface area contributed by atoms with Gasteiger partial charge in [0.25, 0.3) is 5.69 Å². The molecule has 1 N–H and O–H groups in total. The molecule has 0 aliphatic heterocycles. The minimum absolute atomic E-state index is 0.0685. The van der Waals surface area contributed by atoms with Gasteiger partial charge >= 0.3 is 0 Å². The number of nitrogens with zero attached hydrogens (tertiary/aromatic N) is 2. The first kappa shape index (κ1) is 12.6. The van der Waals surface area contributed by atoms with Gasteiger partial charge in [-0.15, -0.1) is 0 Å². The molecule has 0 spiro atoms. The van der Waals surface area contributed by atoms with E-state index < -0.39 is 4.92 Å². The highest BCUT2D eigenvalue weighted by atomic mass is 16.6. The van der Waals surface area contributed by atoms with Crippen LogP contribution in [0.15, 0.2) is 34.9 Å². The Hall–Kier alpha value is -2.81.